The quantitative estimate of drug-likeness (QED) is 0.152. The summed E-state index contributed by atoms with van der Waals surface area (Å²) >= 11 is 0. The molecule has 0 aliphatic carbocycles. The lowest BCUT2D eigenvalue weighted by Crippen LogP contribution is -2.55. The molecule has 0 unspecified atom stereocenters. The van der Waals surface area contributed by atoms with Crippen molar-refractivity contribution in [3.63, 3.8) is 0 Å². The van der Waals surface area contributed by atoms with Crippen LogP contribution in [0.5, 0.6) is 0 Å². The molecule has 0 saturated heterocycles. The predicted molar refractivity (Wildman–Crippen MR) is 89.9 cm³/mol. The zero-order chi connectivity index (χ0) is 18.9. The second-order valence-electron chi connectivity index (χ2n) is 5.87. The number of carbonyl (C=O) groups excluding carboxylic acids is 2. The fourth-order valence-electron chi connectivity index (χ4n) is 1.84. The number of nitrogens with one attached hydrogen (secondary N) is 2. The van der Waals surface area contributed by atoms with Crippen LogP contribution in [0.3, 0.4) is 0 Å². The number of amides is 2. The molecule has 24 heavy (non-hydrogen) atoms. The predicted octanol–water partition coefficient (Wildman–Crippen LogP) is -1.90. The summed E-state index contributed by atoms with van der Waals surface area (Å²) < 4.78 is 0. The third kappa shape index (κ3) is 8.32. The first-order valence-electron chi connectivity index (χ1n) is 7.70. The number of carboxylic acid groups (broad SMARTS) is 1. The summed E-state index contributed by atoms with van der Waals surface area (Å²) in [5.74, 6) is -2.61. The van der Waals surface area contributed by atoms with Gasteiger partial charge in [0.25, 0.3) is 0 Å². The maximum Gasteiger partial charge on any atom is 0.326 e. The molecule has 0 aliphatic heterocycles. The number of guanidine groups is 1. The first-order chi connectivity index (χ1) is 11.1. The molecule has 0 aromatic heterocycles. The van der Waals surface area contributed by atoms with Crippen LogP contribution >= 0.6 is 0 Å². The summed E-state index contributed by atoms with van der Waals surface area (Å²) in [5.41, 5.74) is 15.9. The molecule has 0 fully saturated rings. The van der Waals surface area contributed by atoms with E-state index in [1.807, 2.05) is 0 Å². The van der Waals surface area contributed by atoms with Crippen LogP contribution in [-0.2, 0) is 14.4 Å². The van der Waals surface area contributed by atoms with Crippen LogP contribution in [0.1, 0.15) is 33.6 Å². The van der Waals surface area contributed by atoms with E-state index in [9.17, 15) is 14.4 Å². The summed E-state index contributed by atoms with van der Waals surface area (Å²) in [6, 6.07) is -2.76. The van der Waals surface area contributed by atoms with Crippen LogP contribution in [0, 0.1) is 5.92 Å². The van der Waals surface area contributed by atoms with Crippen molar-refractivity contribution < 1.29 is 19.5 Å². The van der Waals surface area contributed by atoms with Gasteiger partial charge >= 0.3 is 5.97 Å². The van der Waals surface area contributed by atoms with Crippen molar-refractivity contribution in [3.8, 4) is 0 Å². The minimum Gasteiger partial charge on any atom is -0.480 e. The summed E-state index contributed by atoms with van der Waals surface area (Å²) in [6.45, 7) is 5.12. The third-order valence-electron chi connectivity index (χ3n) is 3.22. The van der Waals surface area contributed by atoms with Gasteiger partial charge < -0.3 is 32.9 Å². The molecule has 2 amide bonds. The summed E-state index contributed by atoms with van der Waals surface area (Å²) in [4.78, 5) is 39.1. The standard InChI is InChI=1S/C14H28N6O4/c1-7(2)10(13(23)24)20-12(22)9(19-11(21)8(3)15)5-4-6-18-14(16)17/h7-10H,4-6,15H2,1-3H3,(H,19,21)(H,20,22)(H,23,24)(H4,16,17,18)/t8-,9-,10-/m0/s1. The molecule has 10 heteroatoms. The Morgan fingerprint density at radius 2 is 1.67 bits per heavy atom. The SMILES string of the molecule is CC(C)[C@H](NC(=O)[C@H](CCCN=C(N)N)NC(=O)[C@H](C)N)C(=O)O. The second-order valence-corrected chi connectivity index (χ2v) is 5.87. The lowest BCUT2D eigenvalue weighted by atomic mass is 10.0. The lowest BCUT2D eigenvalue weighted by molar-refractivity contribution is -0.143. The lowest BCUT2D eigenvalue weighted by Gasteiger charge is -2.23. The molecule has 0 aliphatic rings. The number of hydrogen-bond donors (Lipinski definition) is 6. The van der Waals surface area contributed by atoms with E-state index in [0.717, 1.165) is 0 Å². The fraction of sp³-hybridized carbons (Fsp3) is 0.714. The molecule has 9 N–H and O–H groups in total. The van der Waals surface area contributed by atoms with E-state index >= 15 is 0 Å². The Kier molecular flexibility index (Phi) is 9.40. The molecular weight excluding hydrogens is 316 g/mol. The topological polar surface area (TPSA) is 186 Å². The number of rotatable bonds is 10. The van der Waals surface area contributed by atoms with Gasteiger partial charge in [-0.15, -0.1) is 0 Å². The zero-order valence-corrected chi connectivity index (χ0v) is 14.3. The van der Waals surface area contributed by atoms with Crippen molar-refractivity contribution in [3.05, 3.63) is 0 Å². The maximum atomic E-state index is 12.3. The van der Waals surface area contributed by atoms with Crippen LogP contribution in [0.2, 0.25) is 0 Å². The highest BCUT2D eigenvalue weighted by atomic mass is 16.4. The van der Waals surface area contributed by atoms with Gasteiger partial charge in [0.1, 0.15) is 12.1 Å². The van der Waals surface area contributed by atoms with Gasteiger partial charge in [-0.2, -0.15) is 0 Å². The average molecular weight is 344 g/mol. The molecule has 10 nitrogen and oxygen atoms in total. The summed E-state index contributed by atoms with van der Waals surface area (Å²) in [7, 11) is 0. The Balaban J connectivity index is 4.93. The Morgan fingerprint density at radius 1 is 1.08 bits per heavy atom. The van der Waals surface area contributed by atoms with Crippen molar-refractivity contribution in [2.45, 2.75) is 51.7 Å². The van der Waals surface area contributed by atoms with Gasteiger partial charge in [-0.25, -0.2) is 4.79 Å². The average Bonchev–Trinajstić information content (AvgIpc) is 2.46. The molecule has 0 aromatic carbocycles. The molecule has 0 aromatic rings. The number of nitrogens with two attached hydrogens (primary N) is 3. The van der Waals surface area contributed by atoms with Crippen molar-refractivity contribution in [1.82, 2.24) is 10.6 Å². The van der Waals surface area contributed by atoms with Crippen molar-refractivity contribution in [1.29, 1.82) is 0 Å². The molecular formula is C14H28N6O4. The molecule has 138 valence electrons. The summed E-state index contributed by atoms with van der Waals surface area (Å²) in [6.07, 6.45) is 0.667. The number of carboxylic acids is 1. The van der Waals surface area contributed by atoms with E-state index in [1.165, 1.54) is 6.92 Å². The molecule has 3 atom stereocenters. The highest BCUT2D eigenvalue weighted by Crippen LogP contribution is 2.05. The van der Waals surface area contributed by atoms with Crippen LogP contribution < -0.4 is 27.8 Å². The van der Waals surface area contributed by atoms with E-state index < -0.39 is 35.9 Å². The van der Waals surface area contributed by atoms with Crippen molar-refractivity contribution >= 4 is 23.7 Å². The molecule has 0 saturated carbocycles. The molecule has 0 heterocycles. The number of nitrogens with zero attached hydrogens (tertiary/aromatic N) is 1. The Labute approximate surface area is 141 Å². The van der Waals surface area contributed by atoms with E-state index in [0.29, 0.717) is 6.42 Å². The van der Waals surface area contributed by atoms with Crippen LogP contribution in [0.4, 0.5) is 0 Å². The first kappa shape index (κ1) is 21.6. The smallest absolute Gasteiger partial charge is 0.326 e. The number of aliphatic carboxylic acids is 1. The largest absolute Gasteiger partial charge is 0.480 e. The van der Waals surface area contributed by atoms with Crippen molar-refractivity contribution in [2.75, 3.05) is 6.54 Å². The summed E-state index contributed by atoms with van der Waals surface area (Å²) in [5, 5.41) is 14.1. The van der Waals surface area contributed by atoms with E-state index in [1.54, 1.807) is 13.8 Å². The van der Waals surface area contributed by atoms with Gasteiger partial charge in [0.05, 0.1) is 6.04 Å². The number of carbonyl (C=O) groups is 3. The normalized spacial score (nSPS) is 14.4. The fourth-order valence-corrected chi connectivity index (χ4v) is 1.84. The second kappa shape index (κ2) is 10.4. The van der Waals surface area contributed by atoms with Gasteiger partial charge in [-0.3, -0.25) is 14.6 Å². The highest BCUT2D eigenvalue weighted by Gasteiger charge is 2.28. The van der Waals surface area contributed by atoms with E-state index in [-0.39, 0.29) is 24.8 Å². The zero-order valence-electron chi connectivity index (χ0n) is 14.3. The maximum absolute atomic E-state index is 12.3. The van der Waals surface area contributed by atoms with Crippen LogP contribution in [0.25, 0.3) is 0 Å². The monoisotopic (exact) mass is 344 g/mol. The van der Waals surface area contributed by atoms with Gasteiger partial charge in [0.2, 0.25) is 11.8 Å². The van der Waals surface area contributed by atoms with E-state index in [2.05, 4.69) is 15.6 Å². The molecule has 0 rings (SSSR count). The van der Waals surface area contributed by atoms with Gasteiger partial charge in [-0.1, -0.05) is 13.8 Å². The van der Waals surface area contributed by atoms with Gasteiger partial charge in [0.15, 0.2) is 5.96 Å². The van der Waals surface area contributed by atoms with Crippen LogP contribution in [0.15, 0.2) is 4.99 Å². The van der Waals surface area contributed by atoms with E-state index in [4.69, 9.17) is 22.3 Å². The molecule has 0 radical (unpaired) electrons. The van der Waals surface area contributed by atoms with Gasteiger partial charge in [-0.05, 0) is 25.7 Å². The third-order valence-corrected chi connectivity index (χ3v) is 3.22. The van der Waals surface area contributed by atoms with Crippen LogP contribution in [-0.4, -0.2) is 53.5 Å². The molecule has 0 spiro atoms. The Bertz CT molecular complexity index is 474. The molecule has 0 bridgehead atoms. The Morgan fingerprint density at radius 3 is 2.08 bits per heavy atom. The van der Waals surface area contributed by atoms with Gasteiger partial charge in [0, 0.05) is 6.54 Å². The first-order valence-corrected chi connectivity index (χ1v) is 7.70. The Hall–Kier alpha value is -2.36. The highest BCUT2D eigenvalue weighted by molar-refractivity contribution is 5.91. The number of hydrogen-bond acceptors (Lipinski definition) is 5. The van der Waals surface area contributed by atoms with Crippen molar-refractivity contribution in [2.24, 2.45) is 28.1 Å². The number of aliphatic imine (C=N–C) groups is 1. The minimum absolute atomic E-state index is 0.0682. The minimum atomic E-state index is -1.14.